The number of nitrogens with zero attached hydrogens (tertiary/aromatic N) is 2. The minimum absolute atomic E-state index is 0.867. The number of hydrogen-bond donors (Lipinski definition) is 0. The van der Waals surface area contributed by atoms with Gasteiger partial charge in [0.2, 0.25) is 0 Å². The summed E-state index contributed by atoms with van der Waals surface area (Å²) in [5.74, 6) is 12.3. The number of aryl methyl sites for hydroxylation is 3. The van der Waals surface area contributed by atoms with Crippen LogP contribution in [-0.2, 0) is 6.54 Å². The zero-order valence-electron chi connectivity index (χ0n) is 19.0. The number of hydrogen-bond acceptors (Lipinski definition) is 1. The summed E-state index contributed by atoms with van der Waals surface area (Å²) in [6.45, 7) is 12.5. The minimum Gasteiger partial charge on any atom is -0.293 e. The van der Waals surface area contributed by atoms with E-state index in [0.717, 1.165) is 51.6 Å². The maximum Gasteiger partial charge on any atom is 0.171 e. The molecule has 0 atom stereocenters. The van der Waals surface area contributed by atoms with Gasteiger partial charge in [-0.2, -0.15) is 0 Å². The van der Waals surface area contributed by atoms with Gasteiger partial charge in [0.1, 0.15) is 6.54 Å². The lowest BCUT2D eigenvalue weighted by Gasteiger charge is -1.99. The standard InChI is InChI=1S/C27H37N2/c1-6-24(2)19-25(3)21-28-17-15-13-11-9-7-8-10-12-14-16-18-29-22-26(4)20-27(5)23-29/h6,19-23H,11-18H2,1-5H3/q+1/b24-6-,25-19-,28-21?. The van der Waals surface area contributed by atoms with Crippen LogP contribution in [-0.4, -0.2) is 12.8 Å². The van der Waals surface area contributed by atoms with Gasteiger partial charge in [0.25, 0.3) is 0 Å². The van der Waals surface area contributed by atoms with Crippen molar-refractivity contribution >= 4 is 6.21 Å². The van der Waals surface area contributed by atoms with Gasteiger partial charge in [-0.15, -0.1) is 0 Å². The number of rotatable bonds is 10. The first kappa shape index (κ1) is 24.5. The lowest BCUT2D eigenvalue weighted by Crippen LogP contribution is -2.33. The van der Waals surface area contributed by atoms with Crippen LogP contribution in [0.25, 0.3) is 0 Å². The lowest BCUT2D eigenvalue weighted by atomic mass is 10.2. The molecule has 29 heavy (non-hydrogen) atoms. The Hall–Kier alpha value is -2.58. The van der Waals surface area contributed by atoms with Crippen LogP contribution in [0.3, 0.4) is 0 Å². The van der Waals surface area contributed by atoms with Gasteiger partial charge in [-0.1, -0.05) is 29.6 Å². The fraction of sp³-hybridized carbons (Fsp3) is 0.481. The van der Waals surface area contributed by atoms with Crippen molar-refractivity contribution in [3.8, 4) is 23.7 Å². The monoisotopic (exact) mass is 389 g/mol. The van der Waals surface area contributed by atoms with E-state index in [0.29, 0.717) is 0 Å². The van der Waals surface area contributed by atoms with Crippen molar-refractivity contribution in [2.75, 3.05) is 6.54 Å². The Morgan fingerprint density at radius 1 is 0.931 bits per heavy atom. The normalized spacial score (nSPS) is 11.8. The van der Waals surface area contributed by atoms with Crippen molar-refractivity contribution in [3.05, 3.63) is 52.9 Å². The molecule has 0 aliphatic rings. The molecule has 0 aromatic carbocycles. The average molecular weight is 390 g/mol. The molecule has 0 saturated heterocycles. The molecule has 1 heterocycles. The highest BCUT2D eigenvalue weighted by molar-refractivity contribution is 5.78. The maximum absolute atomic E-state index is 4.47. The zero-order valence-corrected chi connectivity index (χ0v) is 19.0. The number of aromatic nitrogens is 1. The molecular formula is C27H37N2+. The molecule has 2 nitrogen and oxygen atoms in total. The first-order valence-corrected chi connectivity index (χ1v) is 10.8. The van der Waals surface area contributed by atoms with Crippen LogP contribution in [0.15, 0.2) is 46.8 Å². The summed E-state index contributed by atoms with van der Waals surface area (Å²) < 4.78 is 2.28. The molecule has 1 aromatic heterocycles. The third-order valence-corrected chi connectivity index (χ3v) is 4.45. The molecule has 0 aliphatic carbocycles. The maximum atomic E-state index is 4.47. The second-order valence-corrected chi connectivity index (χ2v) is 7.60. The summed E-state index contributed by atoms with van der Waals surface area (Å²) in [6.07, 6.45) is 16.9. The Balaban J connectivity index is 2.09. The van der Waals surface area contributed by atoms with Crippen molar-refractivity contribution in [1.82, 2.24) is 0 Å². The van der Waals surface area contributed by atoms with Crippen molar-refractivity contribution in [2.45, 2.75) is 79.7 Å². The molecule has 0 spiro atoms. The number of unbranched alkanes of at least 4 members (excludes halogenated alkanes) is 4. The molecule has 0 fully saturated rings. The van der Waals surface area contributed by atoms with Crippen LogP contribution >= 0.6 is 0 Å². The first-order chi connectivity index (χ1) is 14.0. The molecule has 0 radical (unpaired) electrons. The van der Waals surface area contributed by atoms with Gasteiger partial charge in [0.05, 0.1) is 0 Å². The van der Waals surface area contributed by atoms with Crippen LogP contribution in [0.1, 0.15) is 70.4 Å². The average Bonchev–Trinajstić information content (AvgIpc) is 2.67. The molecule has 0 aliphatic heterocycles. The highest BCUT2D eigenvalue weighted by Crippen LogP contribution is 2.01. The van der Waals surface area contributed by atoms with Crippen LogP contribution in [0, 0.1) is 37.5 Å². The van der Waals surface area contributed by atoms with E-state index >= 15 is 0 Å². The highest BCUT2D eigenvalue weighted by atomic mass is 14.9. The Morgan fingerprint density at radius 2 is 1.55 bits per heavy atom. The summed E-state index contributed by atoms with van der Waals surface area (Å²) >= 11 is 0. The van der Waals surface area contributed by atoms with E-state index in [1.54, 1.807) is 0 Å². The molecule has 0 unspecified atom stereocenters. The molecule has 0 saturated carbocycles. The quantitative estimate of drug-likeness (QED) is 0.155. The van der Waals surface area contributed by atoms with E-state index in [-0.39, 0.29) is 0 Å². The van der Waals surface area contributed by atoms with Gasteiger partial charge in [-0.25, -0.2) is 4.57 Å². The van der Waals surface area contributed by atoms with E-state index in [1.807, 2.05) is 13.1 Å². The predicted molar refractivity (Wildman–Crippen MR) is 126 cm³/mol. The van der Waals surface area contributed by atoms with E-state index in [9.17, 15) is 0 Å². The van der Waals surface area contributed by atoms with E-state index in [1.165, 1.54) is 22.3 Å². The third-order valence-electron chi connectivity index (χ3n) is 4.45. The van der Waals surface area contributed by atoms with E-state index in [2.05, 4.69) is 91.5 Å². The van der Waals surface area contributed by atoms with Crippen molar-refractivity contribution < 1.29 is 4.57 Å². The highest BCUT2D eigenvalue weighted by Gasteiger charge is 2.01. The van der Waals surface area contributed by atoms with Gasteiger partial charge in [0.15, 0.2) is 12.4 Å². The molecule has 2 heteroatoms. The molecule has 0 amide bonds. The first-order valence-electron chi connectivity index (χ1n) is 10.8. The number of pyridine rings is 1. The largest absolute Gasteiger partial charge is 0.293 e. The topological polar surface area (TPSA) is 16.2 Å². The van der Waals surface area contributed by atoms with Crippen LogP contribution < -0.4 is 4.57 Å². The number of aliphatic imine (C=N–C) groups is 1. The summed E-state index contributed by atoms with van der Waals surface area (Å²) in [6, 6.07) is 2.21. The third kappa shape index (κ3) is 13.3. The van der Waals surface area contributed by atoms with Crippen LogP contribution in [0.2, 0.25) is 0 Å². The van der Waals surface area contributed by atoms with Crippen LogP contribution in [0.5, 0.6) is 0 Å². The van der Waals surface area contributed by atoms with E-state index in [4.69, 9.17) is 0 Å². The summed E-state index contributed by atoms with van der Waals surface area (Å²) in [4.78, 5) is 4.47. The smallest absolute Gasteiger partial charge is 0.171 e. The Bertz CT molecular complexity index is 813. The molecule has 0 bridgehead atoms. The molecule has 0 N–H and O–H groups in total. The minimum atomic E-state index is 0.867. The van der Waals surface area contributed by atoms with Gasteiger partial charge in [-0.05, 0) is 77.4 Å². The second-order valence-electron chi connectivity index (χ2n) is 7.60. The van der Waals surface area contributed by atoms with Gasteiger partial charge >= 0.3 is 0 Å². The summed E-state index contributed by atoms with van der Waals surface area (Å²) in [5, 5.41) is 0. The molecule has 1 aromatic rings. The van der Waals surface area contributed by atoms with Crippen LogP contribution in [0.4, 0.5) is 0 Å². The van der Waals surface area contributed by atoms with Crippen molar-refractivity contribution in [3.63, 3.8) is 0 Å². The van der Waals surface area contributed by atoms with Gasteiger partial charge < -0.3 is 0 Å². The van der Waals surface area contributed by atoms with Crippen molar-refractivity contribution in [1.29, 1.82) is 0 Å². The Labute approximate surface area is 178 Å². The molecule has 154 valence electrons. The lowest BCUT2D eigenvalue weighted by molar-refractivity contribution is -0.698. The zero-order chi connectivity index (χ0) is 21.3. The van der Waals surface area contributed by atoms with Gasteiger partial charge in [-0.3, -0.25) is 4.99 Å². The number of allylic oxidation sites excluding steroid dienone is 4. The van der Waals surface area contributed by atoms with Gasteiger partial charge in [0, 0.05) is 43.1 Å². The van der Waals surface area contributed by atoms with Crippen molar-refractivity contribution in [2.24, 2.45) is 4.99 Å². The molecule has 1 rings (SSSR count). The fourth-order valence-corrected chi connectivity index (χ4v) is 2.95. The van der Waals surface area contributed by atoms with E-state index < -0.39 is 0 Å². The fourth-order valence-electron chi connectivity index (χ4n) is 2.95. The Kier molecular flexibility index (Phi) is 13.0. The SMILES string of the molecule is C/C=C(C)\C=C(\C)C=NCCCCC#CC#CCCCC[n+]1cc(C)cc(C)c1. The Morgan fingerprint density at radius 3 is 2.17 bits per heavy atom. The second kappa shape index (κ2) is 15.4. The molecular weight excluding hydrogens is 352 g/mol. The summed E-state index contributed by atoms with van der Waals surface area (Å²) in [5.41, 5.74) is 5.10. The summed E-state index contributed by atoms with van der Waals surface area (Å²) in [7, 11) is 0. The predicted octanol–water partition coefficient (Wildman–Crippen LogP) is 5.92.